The fourth-order valence-electron chi connectivity index (χ4n) is 4.09. The van der Waals surface area contributed by atoms with Crippen LogP contribution in [0.5, 0.6) is 0 Å². The Kier molecular flexibility index (Phi) is 5.91. The van der Waals surface area contributed by atoms with Crippen LogP contribution in [0.25, 0.3) is 0 Å². The van der Waals surface area contributed by atoms with Crippen molar-refractivity contribution in [2.45, 2.75) is 18.9 Å². The van der Waals surface area contributed by atoms with Crippen molar-refractivity contribution in [3.63, 3.8) is 0 Å². The third-order valence-corrected chi connectivity index (χ3v) is 5.82. The monoisotopic (exact) mass is 380 g/mol. The summed E-state index contributed by atoms with van der Waals surface area (Å²) < 4.78 is 5.47. The van der Waals surface area contributed by atoms with E-state index in [0.29, 0.717) is 6.04 Å². The highest BCUT2D eigenvalue weighted by Gasteiger charge is 2.20. The molecule has 2 saturated heterocycles. The molecule has 2 aliphatic heterocycles. The molecule has 5 nitrogen and oxygen atoms in total. The van der Waals surface area contributed by atoms with E-state index < -0.39 is 0 Å². The van der Waals surface area contributed by atoms with Crippen molar-refractivity contribution in [1.82, 2.24) is 0 Å². The Bertz CT molecular complexity index is 747. The first-order valence-corrected chi connectivity index (χ1v) is 10.4. The Morgan fingerprint density at radius 3 is 2.21 bits per heavy atom. The smallest absolute Gasteiger partial charge is 0.0642 e. The molecule has 150 valence electrons. The number of anilines is 4. The van der Waals surface area contributed by atoms with E-state index in [1.54, 1.807) is 0 Å². The van der Waals surface area contributed by atoms with Crippen LogP contribution in [0.1, 0.15) is 12.8 Å². The third kappa shape index (κ3) is 4.53. The number of nitrogens with zero attached hydrogens (tertiary/aromatic N) is 3. The van der Waals surface area contributed by atoms with E-state index in [0.717, 1.165) is 52.2 Å². The van der Waals surface area contributed by atoms with Gasteiger partial charge in [-0.1, -0.05) is 6.07 Å². The highest BCUT2D eigenvalue weighted by Crippen LogP contribution is 2.26. The Hall–Kier alpha value is -2.40. The second-order valence-electron chi connectivity index (χ2n) is 7.97. The lowest BCUT2D eigenvalue weighted by Gasteiger charge is -2.35. The van der Waals surface area contributed by atoms with E-state index in [9.17, 15) is 0 Å². The molecule has 2 aromatic rings. The van der Waals surface area contributed by atoms with Gasteiger partial charge in [-0.05, 0) is 55.3 Å². The molecule has 0 unspecified atom stereocenters. The molecule has 2 heterocycles. The van der Waals surface area contributed by atoms with Crippen LogP contribution in [-0.4, -0.2) is 59.5 Å². The maximum absolute atomic E-state index is 5.47. The number of morpholine rings is 1. The van der Waals surface area contributed by atoms with Gasteiger partial charge >= 0.3 is 0 Å². The minimum atomic E-state index is 0.539. The lowest BCUT2D eigenvalue weighted by molar-refractivity contribution is 0.122. The summed E-state index contributed by atoms with van der Waals surface area (Å²) in [5.74, 6) is 0. The molecule has 2 aromatic carbocycles. The predicted octanol–water partition coefficient (Wildman–Crippen LogP) is 3.67. The molecule has 28 heavy (non-hydrogen) atoms. The zero-order valence-corrected chi connectivity index (χ0v) is 17.1. The van der Waals surface area contributed by atoms with Crippen molar-refractivity contribution >= 4 is 22.7 Å². The van der Waals surface area contributed by atoms with Gasteiger partial charge in [0.15, 0.2) is 0 Å². The molecule has 0 aliphatic carbocycles. The third-order valence-electron chi connectivity index (χ3n) is 5.82. The average molecular weight is 381 g/mol. The van der Waals surface area contributed by atoms with Gasteiger partial charge in [0.2, 0.25) is 0 Å². The quantitative estimate of drug-likeness (QED) is 0.855. The Morgan fingerprint density at radius 1 is 0.857 bits per heavy atom. The van der Waals surface area contributed by atoms with Crippen LogP contribution < -0.4 is 20.0 Å². The minimum Gasteiger partial charge on any atom is -0.382 e. The van der Waals surface area contributed by atoms with E-state index in [1.165, 1.54) is 22.7 Å². The standard InChI is InChI=1S/C23H32N4O/c1-25(2)21-6-8-22(9-7-21)26-12-10-19(11-13-26)24-20-4-3-5-23(18-20)27-14-16-28-17-15-27/h3-9,18-19,24H,10-17H2,1-2H3. The zero-order chi connectivity index (χ0) is 19.3. The normalized spacial score (nSPS) is 18.2. The van der Waals surface area contributed by atoms with Crippen molar-refractivity contribution in [3.05, 3.63) is 48.5 Å². The summed E-state index contributed by atoms with van der Waals surface area (Å²) in [6.07, 6.45) is 2.33. The second kappa shape index (κ2) is 8.74. The molecule has 0 spiro atoms. The fraction of sp³-hybridized carbons (Fsp3) is 0.478. The molecule has 4 rings (SSSR count). The number of hydrogen-bond donors (Lipinski definition) is 1. The van der Waals surface area contributed by atoms with E-state index in [2.05, 4.69) is 82.6 Å². The molecule has 5 heteroatoms. The summed E-state index contributed by atoms with van der Waals surface area (Å²) in [5.41, 5.74) is 5.11. The van der Waals surface area contributed by atoms with Crippen LogP contribution in [0.15, 0.2) is 48.5 Å². The largest absolute Gasteiger partial charge is 0.382 e. The summed E-state index contributed by atoms with van der Waals surface area (Å²) in [7, 11) is 4.17. The van der Waals surface area contributed by atoms with Crippen molar-refractivity contribution < 1.29 is 4.74 Å². The number of hydrogen-bond acceptors (Lipinski definition) is 5. The highest BCUT2D eigenvalue weighted by molar-refractivity contribution is 5.59. The molecule has 0 atom stereocenters. The molecule has 0 bridgehead atoms. The highest BCUT2D eigenvalue weighted by atomic mass is 16.5. The number of piperidine rings is 1. The van der Waals surface area contributed by atoms with Crippen LogP contribution in [0, 0.1) is 0 Å². The van der Waals surface area contributed by atoms with Crippen LogP contribution in [-0.2, 0) is 4.74 Å². The lowest BCUT2D eigenvalue weighted by Crippen LogP contribution is -2.39. The maximum Gasteiger partial charge on any atom is 0.0642 e. The first-order chi connectivity index (χ1) is 13.7. The molecular weight excluding hydrogens is 348 g/mol. The molecule has 0 saturated carbocycles. The molecule has 0 aromatic heterocycles. The summed E-state index contributed by atoms with van der Waals surface area (Å²) in [6.45, 7) is 5.81. The molecule has 2 aliphatic rings. The number of benzene rings is 2. The van der Waals surface area contributed by atoms with Gasteiger partial charge in [-0.15, -0.1) is 0 Å². The van der Waals surface area contributed by atoms with E-state index in [4.69, 9.17) is 4.74 Å². The van der Waals surface area contributed by atoms with Gasteiger partial charge < -0.3 is 24.8 Å². The van der Waals surface area contributed by atoms with Crippen LogP contribution >= 0.6 is 0 Å². The zero-order valence-electron chi connectivity index (χ0n) is 17.1. The number of rotatable bonds is 5. The van der Waals surface area contributed by atoms with Crippen LogP contribution in [0.3, 0.4) is 0 Å². The first-order valence-electron chi connectivity index (χ1n) is 10.4. The summed E-state index contributed by atoms with van der Waals surface area (Å²) in [6, 6.07) is 18.3. The maximum atomic E-state index is 5.47. The fourth-order valence-corrected chi connectivity index (χ4v) is 4.09. The summed E-state index contributed by atoms with van der Waals surface area (Å²) in [4.78, 5) is 7.06. The van der Waals surface area contributed by atoms with Gasteiger partial charge in [0.25, 0.3) is 0 Å². The Balaban J connectivity index is 1.32. The topological polar surface area (TPSA) is 31.0 Å². The molecule has 0 radical (unpaired) electrons. The van der Waals surface area contributed by atoms with Gasteiger partial charge in [0, 0.05) is 69.1 Å². The predicted molar refractivity (Wildman–Crippen MR) is 119 cm³/mol. The van der Waals surface area contributed by atoms with Gasteiger partial charge in [0.1, 0.15) is 0 Å². The number of nitrogens with one attached hydrogen (secondary N) is 1. The van der Waals surface area contributed by atoms with Crippen LogP contribution in [0.4, 0.5) is 22.7 Å². The number of ether oxygens (including phenoxy) is 1. The molecule has 0 amide bonds. The van der Waals surface area contributed by atoms with E-state index >= 15 is 0 Å². The van der Waals surface area contributed by atoms with Gasteiger partial charge in [-0.25, -0.2) is 0 Å². The Morgan fingerprint density at radius 2 is 1.54 bits per heavy atom. The lowest BCUT2D eigenvalue weighted by atomic mass is 10.0. The van der Waals surface area contributed by atoms with Crippen LogP contribution in [0.2, 0.25) is 0 Å². The molecular formula is C23H32N4O. The second-order valence-corrected chi connectivity index (χ2v) is 7.97. The van der Waals surface area contributed by atoms with E-state index in [1.807, 2.05) is 0 Å². The average Bonchev–Trinajstić information content (AvgIpc) is 2.75. The van der Waals surface area contributed by atoms with Crippen molar-refractivity contribution in [1.29, 1.82) is 0 Å². The summed E-state index contributed by atoms with van der Waals surface area (Å²) in [5, 5.41) is 3.77. The minimum absolute atomic E-state index is 0.539. The summed E-state index contributed by atoms with van der Waals surface area (Å²) >= 11 is 0. The first kappa shape index (κ1) is 18.9. The molecule has 2 fully saturated rings. The van der Waals surface area contributed by atoms with Crippen molar-refractivity contribution in [2.24, 2.45) is 0 Å². The molecule has 1 N–H and O–H groups in total. The SMILES string of the molecule is CN(C)c1ccc(N2CCC(Nc3cccc(N4CCOCC4)c3)CC2)cc1. The Labute approximate surface area is 168 Å². The van der Waals surface area contributed by atoms with Gasteiger partial charge in [0.05, 0.1) is 13.2 Å². The van der Waals surface area contributed by atoms with Gasteiger partial charge in [-0.2, -0.15) is 0 Å². The van der Waals surface area contributed by atoms with E-state index in [-0.39, 0.29) is 0 Å². The van der Waals surface area contributed by atoms with Crippen molar-refractivity contribution in [2.75, 3.05) is 73.5 Å². The van der Waals surface area contributed by atoms with Crippen molar-refractivity contribution in [3.8, 4) is 0 Å². The van der Waals surface area contributed by atoms with Gasteiger partial charge in [-0.3, -0.25) is 0 Å².